The van der Waals surface area contributed by atoms with Crippen molar-refractivity contribution in [2.24, 2.45) is 0 Å². The number of fused-ring (bicyclic) bond motifs is 1. The first-order valence-electron chi connectivity index (χ1n) is 4.30. The molecule has 14 heavy (non-hydrogen) atoms. The highest BCUT2D eigenvalue weighted by atomic mass is 16.4. The summed E-state index contributed by atoms with van der Waals surface area (Å²) in [5, 5.41) is 2.50. The number of aryl methyl sites for hydroxylation is 1. The summed E-state index contributed by atoms with van der Waals surface area (Å²) in [5.41, 5.74) is 2.55. The zero-order chi connectivity index (χ0) is 10.1. The lowest BCUT2D eigenvalue weighted by Crippen LogP contribution is -2.05. The van der Waals surface area contributed by atoms with Gasteiger partial charge in [-0.05, 0) is 24.6 Å². The van der Waals surface area contributed by atoms with Gasteiger partial charge in [0, 0.05) is 6.92 Å². The minimum atomic E-state index is -0.187. The van der Waals surface area contributed by atoms with E-state index in [1.165, 1.54) is 6.92 Å². The fraction of sp³-hybridized carbons (Fsp3) is 0.200. The number of amides is 1. The molecule has 0 saturated carbocycles. The van der Waals surface area contributed by atoms with Crippen LogP contribution in [-0.2, 0) is 4.79 Å². The molecule has 1 N–H and O–H groups in total. The molecule has 1 aromatic heterocycles. The number of carbonyl (C=O) groups excluding carboxylic acids is 1. The Balaban J connectivity index is 2.46. The lowest BCUT2D eigenvalue weighted by atomic mass is 10.2. The van der Waals surface area contributed by atoms with Gasteiger partial charge in [-0.1, -0.05) is 6.07 Å². The molecule has 0 spiro atoms. The first kappa shape index (κ1) is 8.74. The summed E-state index contributed by atoms with van der Waals surface area (Å²) >= 11 is 0. The molecule has 0 radical (unpaired) electrons. The Morgan fingerprint density at radius 1 is 1.50 bits per heavy atom. The molecule has 0 unspecified atom stereocenters. The molecule has 4 heteroatoms. The molecule has 0 saturated heterocycles. The van der Waals surface area contributed by atoms with Crippen molar-refractivity contribution in [3.8, 4) is 0 Å². The van der Waals surface area contributed by atoms with Gasteiger partial charge in [0.25, 0.3) is 0 Å². The highest BCUT2D eigenvalue weighted by Crippen LogP contribution is 2.19. The van der Waals surface area contributed by atoms with Crippen LogP contribution in [0.2, 0.25) is 0 Å². The van der Waals surface area contributed by atoms with E-state index in [0.717, 1.165) is 11.1 Å². The summed E-state index contributed by atoms with van der Waals surface area (Å²) in [7, 11) is 0. The Morgan fingerprint density at radius 2 is 2.29 bits per heavy atom. The zero-order valence-corrected chi connectivity index (χ0v) is 8.00. The first-order chi connectivity index (χ1) is 6.65. The van der Waals surface area contributed by atoms with E-state index >= 15 is 0 Å². The Morgan fingerprint density at radius 3 is 3.00 bits per heavy atom. The van der Waals surface area contributed by atoms with Crippen molar-refractivity contribution in [2.75, 3.05) is 5.32 Å². The van der Waals surface area contributed by atoms with Gasteiger partial charge >= 0.3 is 6.01 Å². The number of carbonyl (C=O) groups is 1. The predicted molar refractivity (Wildman–Crippen MR) is 53.0 cm³/mol. The van der Waals surface area contributed by atoms with Gasteiger partial charge in [0.2, 0.25) is 5.91 Å². The van der Waals surface area contributed by atoms with Gasteiger partial charge in [-0.3, -0.25) is 10.1 Å². The van der Waals surface area contributed by atoms with E-state index in [2.05, 4.69) is 10.3 Å². The zero-order valence-electron chi connectivity index (χ0n) is 8.00. The fourth-order valence-corrected chi connectivity index (χ4v) is 1.24. The molecule has 0 atom stereocenters. The molecule has 1 amide bonds. The molecule has 0 aliphatic heterocycles. The number of nitrogens with zero attached hydrogens (tertiary/aromatic N) is 1. The molecular formula is C10H10N2O2. The third-order valence-electron chi connectivity index (χ3n) is 1.83. The van der Waals surface area contributed by atoms with Crippen molar-refractivity contribution in [1.82, 2.24) is 4.98 Å². The van der Waals surface area contributed by atoms with Gasteiger partial charge < -0.3 is 4.42 Å². The number of benzene rings is 1. The maximum Gasteiger partial charge on any atom is 0.302 e. The van der Waals surface area contributed by atoms with Gasteiger partial charge in [0.05, 0.1) is 0 Å². The highest BCUT2D eigenvalue weighted by molar-refractivity contribution is 5.88. The number of rotatable bonds is 1. The highest BCUT2D eigenvalue weighted by Gasteiger charge is 2.05. The average Bonchev–Trinajstić information content (AvgIpc) is 2.44. The summed E-state index contributed by atoms with van der Waals surface area (Å²) in [4.78, 5) is 14.9. The van der Waals surface area contributed by atoms with E-state index in [1.54, 1.807) is 0 Å². The second kappa shape index (κ2) is 3.14. The van der Waals surface area contributed by atoms with Gasteiger partial charge in [-0.2, -0.15) is 4.98 Å². The number of nitrogens with one attached hydrogen (secondary N) is 1. The molecule has 72 valence electrons. The van der Waals surface area contributed by atoms with Gasteiger partial charge in [0.1, 0.15) is 5.52 Å². The van der Waals surface area contributed by atoms with Crippen LogP contribution in [0.3, 0.4) is 0 Å². The van der Waals surface area contributed by atoms with E-state index in [4.69, 9.17) is 4.42 Å². The number of aromatic nitrogens is 1. The number of hydrogen-bond acceptors (Lipinski definition) is 3. The van der Waals surface area contributed by atoms with Gasteiger partial charge in [-0.15, -0.1) is 0 Å². The van der Waals surface area contributed by atoms with Gasteiger partial charge in [0.15, 0.2) is 5.58 Å². The van der Waals surface area contributed by atoms with Gasteiger partial charge in [-0.25, -0.2) is 0 Å². The topological polar surface area (TPSA) is 55.1 Å². The Hall–Kier alpha value is -1.84. The molecular weight excluding hydrogens is 180 g/mol. The summed E-state index contributed by atoms with van der Waals surface area (Å²) in [6.45, 7) is 3.40. The van der Waals surface area contributed by atoms with Crippen molar-refractivity contribution < 1.29 is 9.21 Å². The lowest BCUT2D eigenvalue weighted by Gasteiger charge is -1.90. The number of anilines is 1. The predicted octanol–water partition coefficient (Wildman–Crippen LogP) is 2.09. The largest absolute Gasteiger partial charge is 0.423 e. The minimum absolute atomic E-state index is 0.187. The average molecular weight is 190 g/mol. The van der Waals surface area contributed by atoms with Crippen molar-refractivity contribution in [2.45, 2.75) is 13.8 Å². The van der Waals surface area contributed by atoms with Crippen LogP contribution < -0.4 is 5.32 Å². The second-order valence-electron chi connectivity index (χ2n) is 3.17. The standard InChI is InChI=1S/C10H10N2O2/c1-6-3-4-9-8(5-6)12-10(14-9)11-7(2)13/h3-5H,1-2H3,(H,11,12,13). The number of hydrogen-bond donors (Lipinski definition) is 1. The van der Waals surface area contributed by atoms with E-state index < -0.39 is 0 Å². The molecule has 2 aromatic rings. The molecule has 4 nitrogen and oxygen atoms in total. The first-order valence-corrected chi connectivity index (χ1v) is 4.30. The maximum atomic E-state index is 10.7. The molecule has 1 heterocycles. The van der Waals surface area contributed by atoms with Crippen molar-refractivity contribution in [3.05, 3.63) is 23.8 Å². The second-order valence-corrected chi connectivity index (χ2v) is 3.17. The summed E-state index contributed by atoms with van der Waals surface area (Å²) in [5.74, 6) is -0.187. The van der Waals surface area contributed by atoms with E-state index in [-0.39, 0.29) is 11.9 Å². The molecule has 0 aliphatic carbocycles. The van der Waals surface area contributed by atoms with Crippen molar-refractivity contribution >= 4 is 23.0 Å². The van der Waals surface area contributed by atoms with Crippen LogP contribution in [0.1, 0.15) is 12.5 Å². The van der Waals surface area contributed by atoms with Crippen LogP contribution in [-0.4, -0.2) is 10.9 Å². The van der Waals surface area contributed by atoms with Crippen LogP contribution in [0.4, 0.5) is 6.01 Å². The molecule has 2 rings (SSSR count). The van der Waals surface area contributed by atoms with E-state index in [1.807, 2.05) is 25.1 Å². The molecule has 1 aromatic carbocycles. The van der Waals surface area contributed by atoms with Crippen LogP contribution in [0.5, 0.6) is 0 Å². The Bertz CT molecular complexity index is 488. The monoisotopic (exact) mass is 190 g/mol. The summed E-state index contributed by atoms with van der Waals surface area (Å²) in [6.07, 6.45) is 0. The summed E-state index contributed by atoms with van der Waals surface area (Å²) in [6, 6.07) is 5.93. The van der Waals surface area contributed by atoms with Crippen LogP contribution in [0.25, 0.3) is 11.1 Å². The van der Waals surface area contributed by atoms with Crippen LogP contribution in [0.15, 0.2) is 22.6 Å². The van der Waals surface area contributed by atoms with Crippen molar-refractivity contribution in [3.63, 3.8) is 0 Å². The molecule has 0 bridgehead atoms. The smallest absolute Gasteiger partial charge is 0.302 e. The lowest BCUT2D eigenvalue weighted by molar-refractivity contribution is -0.114. The quantitative estimate of drug-likeness (QED) is 0.749. The SMILES string of the molecule is CC(=O)Nc1nc2cc(C)ccc2o1. The summed E-state index contributed by atoms with van der Waals surface area (Å²) < 4.78 is 5.29. The third-order valence-corrected chi connectivity index (χ3v) is 1.83. The van der Waals surface area contributed by atoms with Crippen LogP contribution in [0, 0.1) is 6.92 Å². The number of oxazole rings is 1. The Labute approximate surface area is 80.9 Å². The molecule has 0 fully saturated rings. The van der Waals surface area contributed by atoms with E-state index in [0.29, 0.717) is 5.58 Å². The fourth-order valence-electron chi connectivity index (χ4n) is 1.24. The minimum Gasteiger partial charge on any atom is -0.423 e. The van der Waals surface area contributed by atoms with Crippen LogP contribution >= 0.6 is 0 Å². The van der Waals surface area contributed by atoms with Crippen molar-refractivity contribution in [1.29, 1.82) is 0 Å². The van der Waals surface area contributed by atoms with E-state index in [9.17, 15) is 4.79 Å². The third kappa shape index (κ3) is 1.59. The normalized spacial score (nSPS) is 10.4. The maximum absolute atomic E-state index is 10.7. The molecule has 0 aliphatic rings. The Kier molecular flexibility index (Phi) is 1.96.